The van der Waals surface area contributed by atoms with E-state index < -0.39 is 5.82 Å². The minimum atomic E-state index is -0.561. The zero-order valence-electron chi connectivity index (χ0n) is 7.30. The first-order valence-electron chi connectivity index (χ1n) is 3.74. The summed E-state index contributed by atoms with van der Waals surface area (Å²) >= 11 is 16.1. The molecular weight excluding hydrogens is 275 g/mol. The predicted octanol–water partition coefficient (Wildman–Crippen LogP) is 4.63. The first-order valence-corrected chi connectivity index (χ1v) is 5.58. The van der Waals surface area contributed by atoms with Crippen LogP contribution in [0.15, 0.2) is 22.9 Å². The molecule has 1 aromatic carbocycles. The van der Waals surface area contributed by atoms with Crippen LogP contribution in [0.1, 0.15) is 5.56 Å². The van der Waals surface area contributed by atoms with Gasteiger partial charge in [0.2, 0.25) is 0 Å². The first-order chi connectivity index (χ1) is 7.10. The third kappa shape index (κ3) is 3.07. The standard InChI is InChI=1S/C9H5Cl2FNPS/c10-6-2-8(12)9(13-4-15)1-5(6)7(11)3-14/h1-3H,14H2. The van der Waals surface area contributed by atoms with E-state index in [9.17, 15) is 4.39 Å². The molecule has 0 aromatic heterocycles. The Morgan fingerprint density at radius 3 is 2.80 bits per heavy atom. The van der Waals surface area contributed by atoms with E-state index in [0.29, 0.717) is 10.6 Å². The molecule has 0 fully saturated rings. The van der Waals surface area contributed by atoms with Gasteiger partial charge in [0.25, 0.3) is 0 Å². The van der Waals surface area contributed by atoms with Crippen molar-refractivity contribution in [3.05, 3.63) is 34.4 Å². The largest absolute Gasteiger partial charge is 0.205 e. The van der Waals surface area contributed by atoms with Gasteiger partial charge >= 0.3 is 0 Å². The Kier molecular flexibility index (Phi) is 4.85. The summed E-state index contributed by atoms with van der Waals surface area (Å²) in [6.07, 6.45) is 0. The summed E-state index contributed by atoms with van der Waals surface area (Å²) in [7, 11) is 2.33. The van der Waals surface area contributed by atoms with Gasteiger partial charge < -0.3 is 0 Å². The summed E-state index contributed by atoms with van der Waals surface area (Å²) in [5, 5.41) is 2.70. The second kappa shape index (κ2) is 5.69. The first kappa shape index (κ1) is 12.8. The molecule has 1 aromatic rings. The number of hydrogen-bond donors (Lipinski definition) is 0. The van der Waals surface area contributed by atoms with E-state index >= 15 is 0 Å². The Morgan fingerprint density at radius 2 is 2.27 bits per heavy atom. The number of isothiocyanates is 1. The topological polar surface area (TPSA) is 12.4 Å². The Labute approximate surface area is 104 Å². The second-order valence-corrected chi connectivity index (χ2v) is 3.83. The average Bonchev–Trinajstić information content (AvgIpc) is 2.21. The summed E-state index contributed by atoms with van der Waals surface area (Å²) in [6.45, 7) is 0. The minimum Gasteiger partial charge on any atom is -0.205 e. The molecule has 0 spiro atoms. The van der Waals surface area contributed by atoms with Crippen molar-refractivity contribution in [3.8, 4) is 0 Å². The molecule has 1 unspecified atom stereocenters. The zero-order chi connectivity index (χ0) is 11.4. The maximum atomic E-state index is 13.3. The van der Waals surface area contributed by atoms with E-state index in [4.69, 9.17) is 23.2 Å². The molecule has 0 aliphatic rings. The fourth-order valence-corrected chi connectivity index (χ4v) is 1.68. The van der Waals surface area contributed by atoms with Crippen molar-refractivity contribution in [1.82, 2.24) is 0 Å². The number of thiocarbonyl (C=S) groups is 1. The monoisotopic (exact) mass is 279 g/mol. The number of aliphatic imine (C=N–C) groups is 1. The number of nitrogens with zero attached hydrogens (tertiary/aromatic N) is 1. The van der Waals surface area contributed by atoms with E-state index in [0.717, 1.165) is 6.07 Å². The maximum absolute atomic E-state index is 13.3. The van der Waals surface area contributed by atoms with Crippen LogP contribution in [-0.2, 0) is 0 Å². The van der Waals surface area contributed by atoms with Crippen molar-refractivity contribution in [2.45, 2.75) is 0 Å². The van der Waals surface area contributed by atoms with E-state index in [1.165, 1.54) is 6.07 Å². The molecule has 1 rings (SSSR count). The highest BCUT2D eigenvalue weighted by Crippen LogP contribution is 2.33. The van der Waals surface area contributed by atoms with Crippen LogP contribution >= 0.6 is 44.7 Å². The number of rotatable bonds is 2. The molecule has 0 aliphatic carbocycles. The summed E-state index contributed by atoms with van der Waals surface area (Å²) < 4.78 is 13.3. The molecule has 0 N–H and O–H groups in total. The molecule has 0 aliphatic heterocycles. The summed E-state index contributed by atoms with van der Waals surface area (Å²) in [5.74, 6) is 1.01. The van der Waals surface area contributed by atoms with Crippen LogP contribution in [0.4, 0.5) is 10.1 Å². The molecule has 0 heterocycles. The molecule has 0 radical (unpaired) electrons. The molecule has 0 bridgehead atoms. The maximum Gasteiger partial charge on any atom is 0.151 e. The van der Waals surface area contributed by atoms with Gasteiger partial charge in [0, 0.05) is 10.6 Å². The lowest BCUT2D eigenvalue weighted by atomic mass is 10.2. The van der Waals surface area contributed by atoms with Crippen molar-refractivity contribution >= 4 is 60.5 Å². The van der Waals surface area contributed by atoms with E-state index in [1.54, 1.807) is 5.82 Å². The van der Waals surface area contributed by atoms with Crippen LogP contribution in [0, 0.1) is 5.82 Å². The normalized spacial score (nSPS) is 11.1. The molecular formula is C9H5Cl2FNPS. The Balaban J connectivity index is 3.42. The number of hydrogen-bond acceptors (Lipinski definition) is 2. The quantitative estimate of drug-likeness (QED) is 0.437. The molecule has 1 nitrogen and oxygen atoms in total. The van der Waals surface area contributed by atoms with Crippen LogP contribution in [0.3, 0.4) is 0 Å². The molecule has 0 saturated heterocycles. The highest BCUT2D eigenvalue weighted by molar-refractivity contribution is 7.78. The van der Waals surface area contributed by atoms with Crippen LogP contribution < -0.4 is 0 Å². The van der Waals surface area contributed by atoms with Crippen LogP contribution in [0.25, 0.3) is 5.03 Å². The SMILES string of the molecule is Fc1cc(Cl)c(C(Cl)=CP)cc1N=C=S. The van der Waals surface area contributed by atoms with Gasteiger partial charge in [-0.1, -0.05) is 23.2 Å². The lowest BCUT2D eigenvalue weighted by Crippen LogP contribution is -1.83. The molecule has 6 heteroatoms. The van der Waals surface area contributed by atoms with Gasteiger partial charge in [-0.15, -0.1) is 9.24 Å². The lowest BCUT2D eigenvalue weighted by molar-refractivity contribution is 0.630. The van der Waals surface area contributed by atoms with Gasteiger partial charge in [0.1, 0.15) is 5.69 Å². The van der Waals surface area contributed by atoms with Crippen molar-refractivity contribution in [3.63, 3.8) is 0 Å². The highest BCUT2D eigenvalue weighted by atomic mass is 35.5. The van der Waals surface area contributed by atoms with E-state index in [-0.39, 0.29) is 10.7 Å². The van der Waals surface area contributed by atoms with E-state index in [1.807, 2.05) is 0 Å². The Hall–Kier alpha value is -0.300. The van der Waals surface area contributed by atoms with Gasteiger partial charge in [-0.25, -0.2) is 4.39 Å². The molecule has 0 saturated carbocycles. The number of halogens is 3. The second-order valence-electron chi connectivity index (χ2n) is 2.50. The van der Waals surface area contributed by atoms with Gasteiger partial charge in [0.05, 0.1) is 10.2 Å². The fourth-order valence-electron chi connectivity index (χ4n) is 0.945. The zero-order valence-corrected chi connectivity index (χ0v) is 10.8. The van der Waals surface area contributed by atoms with Crippen LogP contribution in [0.2, 0.25) is 5.02 Å². The lowest BCUT2D eigenvalue weighted by Gasteiger charge is -2.04. The van der Waals surface area contributed by atoms with E-state index in [2.05, 4.69) is 31.6 Å². The van der Waals surface area contributed by atoms with Crippen LogP contribution in [-0.4, -0.2) is 5.16 Å². The smallest absolute Gasteiger partial charge is 0.151 e. The van der Waals surface area contributed by atoms with Crippen LogP contribution in [0.5, 0.6) is 0 Å². The highest BCUT2D eigenvalue weighted by Gasteiger charge is 2.09. The van der Waals surface area contributed by atoms with Gasteiger partial charge in [0.15, 0.2) is 5.82 Å². The average molecular weight is 280 g/mol. The van der Waals surface area contributed by atoms with Crippen molar-refractivity contribution < 1.29 is 4.39 Å². The van der Waals surface area contributed by atoms with Gasteiger partial charge in [-0.2, -0.15) is 4.99 Å². The molecule has 0 amide bonds. The van der Waals surface area contributed by atoms with Crippen molar-refractivity contribution in [2.24, 2.45) is 4.99 Å². The summed E-state index contributed by atoms with van der Waals surface area (Å²) in [4.78, 5) is 3.56. The summed E-state index contributed by atoms with van der Waals surface area (Å²) in [5.41, 5.74) is 0.563. The molecule has 1 atom stereocenters. The third-order valence-corrected chi connectivity index (χ3v) is 2.88. The fraction of sp³-hybridized carbons (Fsp3) is 0. The van der Waals surface area contributed by atoms with Crippen molar-refractivity contribution in [1.29, 1.82) is 0 Å². The predicted molar refractivity (Wildman–Crippen MR) is 69.6 cm³/mol. The van der Waals surface area contributed by atoms with Gasteiger partial charge in [-0.05, 0) is 30.2 Å². The summed E-state index contributed by atoms with van der Waals surface area (Å²) in [6, 6.07) is 2.55. The Bertz CT molecular complexity index is 469. The number of benzene rings is 1. The third-order valence-electron chi connectivity index (χ3n) is 1.61. The molecule has 15 heavy (non-hydrogen) atoms. The Morgan fingerprint density at radius 1 is 1.60 bits per heavy atom. The molecule has 78 valence electrons. The minimum absolute atomic E-state index is 0.0643. The van der Waals surface area contributed by atoms with Gasteiger partial charge in [-0.3, -0.25) is 0 Å². The van der Waals surface area contributed by atoms with Crippen molar-refractivity contribution in [2.75, 3.05) is 0 Å².